The van der Waals surface area contributed by atoms with Gasteiger partial charge in [-0.2, -0.15) is 5.06 Å². The number of carbonyl (C=O) groups is 2. The molecule has 126 valence electrons. The van der Waals surface area contributed by atoms with Crippen LogP contribution in [0.1, 0.15) is 72.7 Å². The highest BCUT2D eigenvalue weighted by atomic mass is 16.5. The molecule has 0 atom stereocenters. The molecule has 2 rings (SSSR count). The highest BCUT2D eigenvalue weighted by Crippen LogP contribution is 2.45. The standard InChI is InChI=1S/C17H23NO5/c1-16(2)8-10(9-17(3,4)18(16)23)11-6-5-7-12(14(19)20)13(11)15(21)22/h5-7,10,23H,8-9H2,1-4H3,(H,19,20)(H,21,22). The summed E-state index contributed by atoms with van der Waals surface area (Å²) in [7, 11) is 0. The van der Waals surface area contributed by atoms with Gasteiger partial charge in [0, 0.05) is 11.1 Å². The van der Waals surface area contributed by atoms with Gasteiger partial charge in [-0.3, -0.25) is 0 Å². The molecule has 0 bridgehead atoms. The van der Waals surface area contributed by atoms with Gasteiger partial charge >= 0.3 is 11.9 Å². The lowest BCUT2D eigenvalue weighted by atomic mass is 9.71. The minimum atomic E-state index is -1.25. The predicted molar refractivity (Wildman–Crippen MR) is 84.1 cm³/mol. The minimum Gasteiger partial charge on any atom is -0.478 e. The quantitative estimate of drug-likeness (QED) is 0.791. The molecule has 1 saturated heterocycles. The Kier molecular flexibility index (Phi) is 4.26. The van der Waals surface area contributed by atoms with Gasteiger partial charge in [-0.25, -0.2) is 9.59 Å². The van der Waals surface area contributed by atoms with Gasteiger partial charge in [0.25, 0.3) is 0 Å². The number of piperidine rings is 1. The van der Waals surface area contributed by atoms with Crippen LogP contribution in [0.2, 0.25) is 0 Å². The monoisotopic (exact) mass is 321 g/mol. The summed E-state index contributed by atoms with van der Waals surface area (Å²) in [6.45, 7) is 7.57. The van der Waals surface area contributed by atoms with Crippen LogP contribution in [-0.4, -0.2) is 43.5 Å². The van der Waals surface area contributed by atoms with E-state index >= 15 is 0 Å². The van der Waals surface area contributed by atoms with Crippen molar-refractivity contribution in [1.82, 2.24) is 5.06 Å². The number of nitrogens with zero attached hydrogens (tertiary/aromatic N) is 1. The highest BCUT2D eigenvalue weighted by molar-refractivity contribution is 6.02. The molecule has 0 radical (unpaired) electrons. The normalized spacial score (nSPS) is 21.1. The van der Waals surface area contributed by atoms with Gasteiger partial charge in [0.15, 0.2) is 0 Å². The highest BCUT2D eigenvalue weighted by Gasteiger charge is 2.46. The van der Waals surface area contributed by atoms with Crippen LogP contribution >= 0.6 is 0 Å². The van der Waals surface area contributed by atoms with Gasteiger partial charge in [-0.05, 0) is 58.1 Å². The number of hydrogen-bond donors (Lipinski definition) is 3. The van der Waals surface area contributed by atoms with Crippen molar-refractivity contribution in [3.63, 3.8) is 0 Å². The Hall–Kier alpha value is -1.92. The number of rotatable bonds is 3. The van der Waals surface area contributed by atoms with Crippen molar-refractivity contribution < 1.29 is 25.0 Å². The summed E-state index contributed by atoms with van der Waals surface area (Å²) in [6, 6.07) is 4.57. The maximum Gasteiger partial charge on any atom is 0.336 e. The maximum atomic E-state index is 11.7. The lowest BCUT2D eigenvalue weighted by Gasteiger charge is -2.51. The molecular formula is C17H23NO5. The summed E-state index contributed by atoms with van der Waals surface area (Å²) in [5.41, 5.74) is -0.908. The summed E-state index contributed by atoms with van der Waals surface area (Å²) in [4.78, 5) is 23.0. The zero-order valence-corrected chi connectivity index (χ0v) is 13.8. The fourth-order valence-electron chi connectivity index (χ4n) is 3.82. The fourth-order valence-corrected chi connectivity index (χ4v) is 3.82. The molecule has 6 heteroatoms. The van der Waals surface area contributed by atoms with Crippen LogP contribution in [0.3, 0.4) is 0 Å². The smallest absolute Gasteiger partial charge is 0.336 e. The average Bonchev–Trinajstić information content (AvgIpc) is 2.42. The number of carboxylic acids is 2. The molecule has 1 aromatic rings. The van der Waals surface area contributed by atoms with Gasteiger partial charge in [-0.1, -0.05) is 12.1 Å². The molecule has 0 aromatic heterocycles. The molecule has 1 aromatic carbocycles. The van der Waals surface area contributed by atoms with E-state index in [1.807, 2.05) is 27.7 Å². The third-order valence-electron chi connectivity index (χ3n) is 4.62. The maximum absolute atomic E-state index is 11.7. The molecule has 0 spiro atoms. The van der Waals surface area contributed by atoms with Crippen molar-refractivity contribution in [2.45, 2.75) is 57.5 Å². The van der Waals surface area contributed by atoms with E-state index in [-0.39, 0.29) is 17.0 Å². The van der Waals surface area contributed by atoms with Crippen LogP contribution in [0.4, 0.5) is 0 Å². The van der Waals surface area contributed by atoms with E-state index in [4.69, 9.17) is 0 Å². The van der Waals surface area contributed by atoms with E-state index in [0.29, 0.717) is 18.4 Å². The molecule has 3 N–H and O–H groups in total. The van der Waals surface area contributed by atoms with E-state index in [2.05, 4.69) is 0 Å². The molecule has 1 aliphatic heterocycles. The van der Waals surface area contributed by atoms with Crippen LogP contribution in [0.5, 0.6) is 0 Å². The topological polar surface area (TPSA) is 98.1 Å². The molecule has 0 unspecified atom stereocenters. The number of carboxylic acid groups (broad SMARTS) is 2. The molecular weight excluding hydrogens is 298 g/mol. The molecule has 0 aliphatic carbocycles. The summed E-state index contributed by atoms with van der Waals surface area (Å²) >= 11 is 0. The van der Waals surface area contributed by atoms with Crippen LogP contribution in [0.15, 0.2) is 18.2 Å². The summed E-state index contributed by atoms with van der Waals surface area (Å²) < 4.78 is 0. The first-order valence-electron chi connectivity index (χ1n) is 7.56. The summed E-state index contributed by atoms with van der Waals surface area (Å²) in [5.74, 6) is -2.63. The lowest BCUT2D eigenvalue weighted by molar-refractivity contribution is -0.245. The van der Waals surface area contributed by atoms with Gasteiger partial charge in [-0.15, -0.1) is 0 Å². The van der Waals surface area contributed by atoms with Crippen molar-refractivity contribution >= 4 is 11.9 Å². The average molecular weight is 321 g/mol. The number of hydrogen-bond acceptors (Lipinski definition) is 4. The lowest BCUT2D eigenvalue weighted by Crippen LogP contribution is -2.58. The second-order valence-corrected chi connectivity index (χ2v) is 7.42. The van der Waals surface area contributed by atoms with Crippen LogP contribution in [0.25, 0.3) is 0 Å². The molecule has 1 fully saturated rings. The van der Waals surface area contributed by atoms with E-state index in [9.17, 15) is 25.0 Å². The number of aromatic carboxylic acids is 2. The molecule has 1 heterocycles. The Morgan fingerprint density at radius 3 is 2.00 bits per heavy atom. The summed E-state index contributed by atoms with van der Waals surface area (Å²) in [5, 5.41) is 30.5. The second kappa shape index (κ2) is 5.62. The van der Waals surface area contributed by atoms with Crippen LogP contribution in [0, 0.1) is 0 Å². The van der Waals surface area contributed by atoms with Crippen molar-refractivity contribution in [3.05, 3.63) is 34.9 Å². The van der Waals surface area contributed by atoms with Gasteiger partial charge < -0.3 is 15.4 Å². The Labute approximate surface area is 135 Å². The largest absolute Gasteiger partial charge is 0.478 e. The van der Waals surface area contributed by atoms with Crippen LogP contribution in [-0.2, 0) is 0 Å². The number of benzene rings is 1. The third kappa shape index (κ3) is 3.09. The van der Waals surface area contributed by atoms with Crippen LogP contribution < -0.4 is 0 Å². The Morgan fingerprint density at radius 1 is 1.04 bits per heavy atom. The molecule has 0 saturated carbocycles. The molecule has 23 heavy (non-hydrogen) atoms. The van der Waals surface area contributed by atoms with E-state index in [1.165, 1.54) is 11.1 Å². The van der Waals surface area contributed by atoms with Crippen molar-refractivity contribution in [3.8, 4) is 0 Å². The first-order chi connectivity index (χ1) is 10.5. The van der Waals surface area contributed by atoms with Gasteiger partial charge in [0.1, 0.15) is 0 Å². The Morgan fingerprint density at radius 2 is 1.57 bits per heavy atom. The number of hydroxylamine groups is 2. The first kappa shape index (κ1) is 17.4. The molecule has 0 amide bonds. The van der Waals surface area contributed by atoms with E-state index < -0.39 is 23.0 Å². The SMILES string of the molecule is CC1(C)CC(c2cccc(C(=O)O)c2C(=O)O)CC(C)(C)N1O. The third-order valence-corrected chi connectivity index (χ3v) is 4.62. The first-order valence-corrected chi connectivity index (χ1v) is 7.56. The van der Waals surface area contributed by atoms with Crippen molar-refractivity contribution in [2.24, 2.45) is 0 Å². The fraction of sp³-hybridized carbons (Fsp3) is 0.529. The minimum absolute atomic E-state index is 0.145. The van der Waals surface area contributed by atoms with E-state index in [1.54, 1.807) is 12.1 Å². The zero-order valence-electron chi connectivity index (χ0n) is 13.8. The Balaban J connectivity index is 2.56. The molecule has 6 nitrogen and oxygen atoms in total. The second-order valence-electron chi connectivity index (χ2n) is 7.42. The summed E-state index contributed by atoms with van der Waals surface area (Å²) in [6.07, 6.45) is 1.08. The Bertz CT molecular complexity index is 632. The van der Waals surface area contributed by atoms with Crippen molar-refractivity contribution in [2.75, 3.05) is 0 Å². The van der Waals surface area contributed by atoms with Crippen molar-refractivity contribution in [1.29, 1.82) is 0 Å². The zero-order chi connectivity index (χ0) is 17.6. The molecule has 1 aliphatic rings. The predicted octanol–water partition coefficient (Wildman–Crippen LogP) is 3.21. The van der Waals surface area contributed by atoms with E-state index in [0.717, 1.165) is 0 Å². The van der Waals surface area contributed by atoms with Gasteiger partial charge in [0.2, 0.25) is 0 Å². The van der Waals surface area contributed by atoms with Gasteiger partial charge in [0.05, 0.1) is 11.1 Å².